The molecule has 2 amide bonds. The first-order valence-corrected chi connectivity index (χ1v) is 8.99. The van der Waals surface area contributed by atoms with Crippen LogP contribution in [0.5, 0.6) is 11.5 Å². The molecule has 156 valence electrons. The van der Waals surface area contributed by atoms with Gasteiger partial charge in [0, 0.05) is 0 Å². The molecule has 1 unspecified atom stereocenters. The Hall–Kier alpha value is -2.81. The van der Waals surface area contributed by atoms with Gasteiger partial charge in [-0.2, -0.15) is 0 Å². The lowest BCUT2D eigenvalue weighted by Crippen LogP contribution is -2.45. The summed E-state index contributed by atoms with van der Waals surface area (Å²) in [6.07, 6.45) is -0.841. The highest BCUT2D eigenvalue weighted by molar-refractivity contribution is 5.81. The van der Waals surface area contributed by atoms with E-state index in [4.69, 9.17) is 20.3 Å². The smallest absolute Gasteiger partial charge is 0.413 e. The summed E-state index contributed by atoms with van der Waals surface area (Å²) in [6.45, 7) is 8.94. The first kappa shape index (κ1) is 23.2. The maximum absolute atomic E-state index is 12.0. The molecule has 0 saturated heterocycles. The minimum absolute atomic E-state index is 0.0873. The van der Waals surface area contributed by atoms with Crippen molar-refractivity contribution in [2.75, 3.05) is 13.2 Å². The van der Waals surface area contributed by atoms with Gasteiger partial charge in [0.1, 0.15) is 24.1 Å². The average molecular weight is 395 g/mol. The molecule has 0 radical (unpaired) electrons. The summed E-state index contributed by atoms with van der Waals surface area (Å²) < 4.78 is 11.0. The van der Waals surface area contributed by atoms with Gasteiger partial charge in [-0.25, -0.2) is 9.59 Å². The molecular formula is C19H29N3O6. The normalized spacial score (nSPS) is 12.8. The van der Waals surface area contributed by atoms with Gasteiger partial charge in [-0.15, -0.1) is 0 Å². The van der Waals surface area contributed by atoms with E-state index in [1.165, 1.54) is 0 Å². The summed E-state index contributed by atoms with van der Waals surface area (Å²) in [5.74, 6) is -0.783. The molecule has 0 bridgehead atoms. The third-order valence-corrected chi connectivity index (χ3v) is 3.92. The predicted octanol–water partition coefficient (Wildman–Crippen LogP) is 1.34. The summed E-state index contributed by atoms with van der Waals surface area (Å²) in [4.78, 5) is 34.5. The molecule has 9 nitrogen and oxygen atoms in total. The van der Waals surface area contributed by atoms with Crippen LogP contribution in [-0.4, -0.2) is 48.3 Å². The Morgan fingerprint density at radius 3 is 2.14 bits per heavy atom. The molecule has 0 fully saturated rings. The lowest BCUT2D eigenvalue weighted by atomic mass is 10.1. The van der Waals surface area contributed by atoms with E-state index < -0.39 is 18.1 Å². The van der Waals surface area contributed by atoms with Crippen LogP contribution in [0.2, 0.25) is 0 Å². The summed E-state index contributed by atoms with van der Waals surface area (Å²) >= 11 is 0. The molecule has 0 aliphatic carbocycles. The number of amides is 2. The Morgan fingerprint density at radius 2 is 1.68 bits per heavy atom. The quantitative estimate of drug-likeness (QED) is 0.495. The zero-order chi connectivity index (χ0) is 21.4. The van der Waals surface area contributed by atoms with Crippen LogP contribution >= 0.6 is 0 Å². The molecule has 0 spiro atoms. The summed E-state index contributed by atoms with van der Waals surface area (Å²) in [7, 11) is 0. The highest BCUT2D eigenvalue weighted by Gasteiger charge is 2.24. The summed E-state index contributed by atoms with van der Waals surface area (Å²) in [5.41, 5.74) is 6.73. The van der Waals surface area contributed by atoms with E-state index in [0.29, 0.717) is 5.75 Å². The SMILES string of the molecule is Cc1cc(OC(=O)N[C@H](C(=O)O)C(C)C)cc(C)c1OCC(C)NC(=O)CN. The maximum atomic E-state index is 12.0. The van der Waals surface area contributed by atoms with Gasteiger partial charge < -0.3 is 30.9 Å². The highest BCUT2D eigenvalue weighted by Crippen LogP contribution is 2.28. The molecule has 5 N–H and O–H groups in total. The fourth-order valence-corrected chi connectivity index (χ4v) is 2.56. The van der Waals surface area contributed by atoms with Crippen molar-refractivity contribution in [3.8, 4) is 11.5 Å². The van der Waals surface area contributed by atoms with Crippen molar-refractivity contribution < 1.29 is 29.0 Å². The van der Waals surface area contributed by atoms with E-state index in [0.717, 1.165) is 11.1 Å². The number of hydrogen-bond acceptors (Lipinski definition) is 6. The van der Waals surface area contributed by atoms with Crippen LogP contribution in [0.15, 0.2) is 12.1 Å². The van der Waals surface area contributed by atoms with Crippen LogP contribution in [0.4, 0.5) is 4.79 Å². The maximum Gasteiger partial charge on any atom is 0.413 e. The lowest BCUT2D eigenvalue weighted by molar-refractivity contribution is -0.140. The Labute approximate surface area is 164 Å². The zero-order valence-corrected chi connectivity index (χ0v) is 16.9. The molecule has 1 rings (SSSR count). The zero-order valence-electron chi connectivity index (χ0n) is 16.9. The van der Waals surface area contributed by atoms with Gasteiger partial charge >= 0.3 is 12.1 Å². The van der Waals surface area contributed by atoms with Gasteiger partial charge in [0.15, 0.2) is 0 Å². The largest absolute Gasteiger partial charge is 0.491 e. The van der Waals surface area contributed by atoms with E-state index in [9.17, 15) is 14.4 Å². The number of nitrogens with one attached hydrogen (secondary N) is 2. The lowest BCUT2D eigenvalue weighted by Gasteiger charge is -2.19. The number of aliphatic carboxylic acids is 1. The standard InChI is InChI=1S/C19H29N3O6/c1-10(2)16(18(24)25)22-19(26)28-14-6-11(3)17(12(4)7-14)27-9-13(5)21-15(23)8-20/h6-7,10,13,16H,8-9,20H2,1-5H3,(H,21,23)(H,22,26)(H,24,25)/t13?,16-/m0/s1. The molecule has 0 aromatic heterocycles. The third kappa shape index (κ3) is 7.07. The van der Waals surface area contributed by atoms with Crippen molar-refractivity contribution >= 4 is 18.0 Å². The van der Waals surface area contributed by atoms with Crippen molar-refractivity contribution in [3.63, 3.8) is 0 Å². The monoisotopic (exact) mass is 395 g/mol. The predicted molar refractivity (Wildman–Crippen MR) is 103 cm³/mol. The second-order valence-corrected chi connectivity index (χ2v) is 6.96. The van der Waals surface area contributed by atoms with Crippen molar-refractivity contribution in [3.05, 3.63) is 23.3 Å². The highest BCUT2D eigenvalue weighted by atomic mass is 16.6. The number of nitrogens with two attached hydrogens (primary N) is 1. The van der Waals surface area contributed by atoms with E-state index >= 15 is 0 Å². The molecule has 9 heteroatoms. The number of ether oxygens (including phenoxy) is 2. The van der Waals surface area contributed by atoms with E-state index in [-0.39, 0.29) is 36.8 Å². The Morgan fingerprint density at radius 1 is 1.11 bits per heavy atom. The van der Waals surface area contributed by atoms with Crippen LogP contribution < -0.4 is 25.8 Å². The summed E-state index contributed by atoms with van der Waals surface area (Å²) in [5, 5.41) is 14.2. The summed E-state index contributed by atoms with van der Waals surface area (Å²) in [6, 6.07) is 1.98. The first-order chi connectivity index (χ1) is 13.0. The number of carbonyl (C=O) groups is 3. The van der Waals surface area contributed by atoms with Crippen LogP contribution in [0, 0.1) is 19.8 Å². The number of aryl methyl sites for hydroxylation is 2. The van der Waals surface area contributed by atoms with Gasteiger partial charge in [0.05, 0.1) is 12.6 Å². The van der Waals surface area contributed by atoms with Crippen molar-refractivity contribution in [2.24, 2.45) is 11.7 Å². The van der Waals surface area contributed by atoms with Gasteiger partial charge in [0.2, 0.25) is 5.91 Å². The Kier molecular flexibility index (Phi) is 8.72. The minimum Gasteiger partial charge on any atom is -0.491 e. The average Bonchev–Trinajstić information content (AvgIpc) is 2.58. The van der Waals surface area contributed by atoms with Crippen LogP contribution in [-0.2, 0) is 9.59 Å². The molecule has 0 heterocycles. The molecule has 0 aliphatic heterocycles. The molecule has 28 heavy (non-hydrogen) atoms. The number of rotatable bonds is 9. The number of carbonyl (C=O) groups excluding carboxylic acids is 2. The van der Waals surface area contributed by atoms with E-state index in [1.54, 1.807) is 46.8 Å². The fourth-order valence-electron chi connectivity index (χ4n) is 2.56. The van der Waals surface area contributed by atoms with Crippen molar-refractivity contribution in [1.82, 2.24) is 10.6 Å². The van der Waals surface area contributed by atoms with Crippen LogP contribution in [0.1, 0.15) is 31.9 Å². The van der Waals surface area contributed by atoms with Gasteiger partial charge in [-0.3, -0.25) is 4.79 Å². The molecule has 1 aromatic rings. The number of carboxylic acid groups (broad SMARTS) is 1. The third-order valence-electron chi connectivity index (χ3n) is 3.92. The second-order valence-electron chi connectivity index (χ2n) is 6.96. The topological polar surface area (TPSA) is 140 Å². The molecule has 0 saturated carbocycles. The number of hydrogen-bond donors (Lipinski definition) is 4. The van der Waals surface area contributed by atoms with Gasteiger partial charge in [-0.05, 0) is 49.9 Å². The van der Waals surface area contributed by atoms with E-state index in [2.05, 4.69) is 10.6 Å². The first-order valence-electron chi connectivity index (χ1n) is 8.99. The number of carboxylic acids is 1. The van der Waals surface area contributed by atoms with Gasteiger partial charge in [-0.1, -0.05) is 13.8 Å². The molecule has 0 aliphatic rings. The fraction of sp³-hybridized carbons (Fsp3) is 0.526. The second kappa shape index (κ2) is 10.5. The van der Waals surface area contributed by atoms with Crippen molar-refractivity contribution in [1.29, 1.82) is 0 Å². The minimum atomic E-state index is -1.13. The van der Waals surface area contributed by atoms with Crippen molar-refractivity contribution in [2.45, 2.75) is 46.7 Å². The van der Waals surface area contributed by atoms with Crippen LogP contribution in [0.3, 0.4) is 0 Å². The molecular weight excluding hydrogens is 366 g/mol. The molecule has 1 aromatic carbocycles. The van der Waals surface area contributed by atoms with Gasteiger partial charge in [0.25, 0.3) is 0 Å². The van der Waals surface area contributed by atoms with E-state index in [1.807, 2.05) is 0 Å². The number of benzene rings is 1. The Bertz CT molecular complexity index is 697. The molecule has 2 atom stereocenters. The Balaban J connectivity index is 2.76. The van der Waals surface area contributed by atoms with Crippen LogP contribution in [0.25, 0.3) is 0 Å².